The highest BCUT2D eigenvalue weighted by Gasteiger charge is 2.52. The van der Waals surface area contributed by atoms with Gasteiger partial charge in [0, 0.05) is 24.4 Å². The average molecular weight is 464 g/mol. The monoisotopic (exact) mass is 463 g/mol. The zero-order valence-electron chi connectivity index (χ0n) is 18.9. The van der Waals surface area contributed by atoms with E-state index < -0.39 is 23.3 Å². The molecule has 0 aliphatic carbocycles. The predicted molar refractivity (Wildman–Crippen MR) is 117 cm³/mol. The molecule has 0 saturated carbocycles. The molecule has 32 heavy (non-hydrogen) atoms. The van der Waals surface area contributed by atoms with Crippen molar-refractivity contribution in [2.45, 2.75) is 56.9 Å². The number of hydrogen-bond donors (Lipinski definition) is 1. The van der Waals surface area contributed by atoms with Crippen LogP contribution in [-0.4, -0.2) is 87.3 Å². The van der Waals surface area contributed by atoms with E-state index >= 15 is 0 Å². The lowest BCUT2D eigenvalue weighted by atomic mass is 9.94. The normalized spacial score (nSPS) is 30.5. The molecule has 0 bridgehead atoms. The number of likely N-dealkylation sites (N-methyl/N-ethyl adjacent to an activating group) is 1. The predicted octanol–water partition coefficient (Wildman–Crippen LogP) is 1.93. The minimum Gasteiger partial charge on any atom is -0.389 e. The number of fused-ring (bicyclic) bond motifs is 1. The molecule has 4 amide bonds. The van der Waals surface area contributed by atoms with Crippen LogP contribution in [0.4, 0.5) is 4.79 Å². The van der Waals surface area contributed by atoms with Crippen LogP contribution in [0.3, 0.4) is 0 Å². The van der Waals surface area contributed by atoms with Crippen LogP contribution in [0.15, 0.2) is 32.6 Å². The summed E-state index contributed by atoms with van der Waals surface area (Å²) in [5, 5.41) is 18.5. The maximum atomic E-state index is 13.5. The number of allylic oxidation sites excluding steroid dienone is 1. The van der Waals surface area contributed by atoms with Gasteiger partial charge in [0.05, 0.1) is 23.9 Å². The van der Waals surface area contributed by atoms with Crippen molar-refractivity contribution in [3.8, 4) is 0 Å². The molecule has 0 aromatic rings. The van der Waals surface area contributed by atoms with Gasteiger partial charge >= 0.3 is 6.03 Å². The minimum atomic E-state index is -0.769. The fraction of sp³-hybridized carbons (Fsp3) is 0.667. The topological polar surface area (TPSA) is 115 Å². The van der Waals surface area contributed by atoms with Crippen LogP contribution in [0.25, 0.3) is 0 Å². The van der Waals surface area contributed by atoms with E-state index in [9.17, 15) is 19.5 Å². The number of aliphatic hydroxyl groups is 1. The number of azo groups is 1. The Morgan fingerprint density at radius 1 is 1.34 bits per heavy atom. The fourth-order valence-corrected chi connectivity index (χ4v) is 6.09. The maximum absolute atomic E-state index is 13.5. The summed E-state index contributed by atoms with van der Waals surface area (Å²) in [5.74, 6) is -0.706. The maximum Gasteiger partial charge on any atom is 0.327 e. The Morgan fingerprint density at radius 2 is 2.06 bits per heavy atom. The second-order valence-electron chi connectivity index (χ2n) is 9.02. The van der Waals surface area contributed by atoms with Crippen LogP contribution in [0.2, 0.25) is 0 Å². The number of amides is 4. The van der Waals surface area contributed by atoms with Crippen LogP contribution in [0.1, 0.15) is 34.1 Å². The van der Waals surface area contributed by atoms with Crippen LogP contribution >= 0.6 is 11.8 Å². The third-order valence-electron chi connectivity index (χ3n) is 6.08. The molecule has 0 aromatic carbocycles. The van der Waals surface area contributed by atoms with Crippen LogP contribution < -0.4 is 0 Å². The molecule has 4 aliphatic rings. The number of urea groups is 1. The fourth-order valence-electron chi connectivity index (χ4n) is 4.46. The van der Waals surface area contributed by atoms with Gasteiger partial charge in [-0.05, 0) is 31.8 Å². The molecule has 4 aliphatic heterocycles. The number of imide groups is 1. The molecule has 0 spiro atoms. The highest BCUT2D eigenvalue weighted by atomic mass is 32.2. The first-order valence-corrected chi connectivity index (χ1v) is 11.8. The number of hydrogen-bond acceptors (Lipinski definition) is 8. The molecule has 174 valence electrons. The molecular weight excluding hydrogens is 434 g/mol. The van der Waals surface area contributed by atoms with Crippen molar-refractivity contribution < 1.29 is 24.3 Å². The van der Waals surface area contributed by atoms with Crippen molar-refractivity contribution >= 4 is 29.6 Å². The van der Waals surface area contributed by atoms with Crippen LogP contribution in [-0.2, 0) is 14.4 Å². The Balaban J connectivity index is 1.76. The number of carbonyl (C=O) groups excluding carboxylic acids is 3. The van der Waals surface area contributed by atoms with Crippen LogP contribution in [0.5, 0.6) is 0 Å². The van der Waals surface area contributed by atoms with Gasteiger partial charge in [0.15, 0.2) is 0 Å². The average Bonchev–Trinajstić information content (AvgIpc) is 3.42. The van der Waals surface area contributed by atoms with Gasteiger partial charge in [0.2, 0.25) is 0 Å². The number of nitrogens with zero attached hydrogens (tertiary/aromatic N) is 5. The zero-order chi connectivity index (χ0) is 23.3. The minimum absolute atomic E-state index is 0.0282. The van der Waals surface area contributed by atoms with Gasteiger partial charge in [-0.3, -0.25) is 19.3 Å². The van der Waals surface area contributed by atoms with E-state index in [1.807, 2.05) is 27.7 Å². The number of rotatable bonds is 5. The van der Waals surface area contributed by atoms with Crippen LogP contribution in [0, 0.1) is 5.92 Å². The van der Waals surface area contributed by atoms with Crippen molar-refractivity contribution in [3.63, 3.8) is 0 Å². The summed E-state index contributed by atoms with van der Waals surface area (Å²) < 4.78 is 0. The number of β-amino-alcohol motifs (C(OH)–C–C–N with tert-alkyl or cyclic N) is 1. The Hall–Kier alpha value is -2.24. The second kappa shape index (κ2) is 8.60. The van der Waals surface area contributed by atoms with Gasteiger partial charge in [-0.15, -0.1) is 11.8 Å². The molecule has 2 saturated heterocycles. The number of thioether (sulfide) groups is 1. The Labute approximate surface area is 191 Å². The van der Waals surface area contributed by atoms with E-state index in [2.05, 4.69) is 10.2 Å². The van der Waals surface area contributed by atoms with E-state index in [-0.39, 0.29) is 36.4 Å². The molecular formula is C21H29N5O5S. The van der Waals surface area contributed by atoms with Gasteiger partial charge < -0.3 is 10.0 Å². The standard InChI is InChI=1S/C21H29N5O5S/c1-10(2)7-25-20-17(18(28)24(5)21(25)30)16(19(29)26-8-13(27)9-31-26)15(32-20)6-14-11(3)22-23-12(14)4/h10-11,13,15,20,27H,6-9H2,1-5H3/t11-,13+,15+,20+/m1/s1. The molecule has 10 nitrogen and oxygen atoms in total. The number of carbonyl (C=O) groups is 3. The van der Waals surface area contributed by atoms with Gasteiger partial charge in [0.25, 0.3) is 11.8 Å². The van der Waals surface area contributed by atoms with E-state index in [0.717, 1.165) is 21.2 Å². The van der Waals surface area contributed by atoms with Gasteiger partial charge in [-0.1, -0.05) is 13.8 Å². The molecule has 4 heterocycles. The molecule has 1 N–H and O–H groups in total. The first-order chi connectivity index (χ1) is 15.1. The number of aliphatic hydroxyl groups excluding tert-OH is 1. The molecule has 4 rings (SSSR count). The van der Waals surface area contributed by atoms with Crippen molar-refractivity contribution in [2.24, 2.45) is 16.1 Å². The Morgan fingerprint density at radius 3 is 2.62 bits per heavy atom. The summed E-state index contributed by atoms with van der Waals surface area (Å²) in [7, 11) is 1.45. The largest absolute Gasteiger partial charge is 0.389 e. The summed E-state index contributed by atoms with van der Waals surface area (Å²) in [5.41, 5.74) is 2.50. The van der Waals surface area contributed by atoms with Crippen molar-refractivity contribution in [3.05, 3.63) is 22.4 Å². The third kappa shape index (κ3) is 3.86. The molecule has 11 heteroatoms. The molecule has 4 atom stereocenters. The second-order valence-corrected chi connectivity index (χ2v) is 10.3. The first kappa shape index (κ1) is 22.9. The van der Waals surface area contributed by atoms with Gasteiger partial charge in [0.1, 0.15) is 18.1 Å². The van der Waals surface area contributed by atoms with Gasteiger partial charge in [-0.25, -0.2) is 9.86 Å². The molecule has 0 aromatic heterocycles. The quantitative estimate of drug-likeness (QED) is 0.666. The Kier molecular flexibility index (Phi) is 6.17. The number of hydroxylamine groups is 2. The SMILES string of the molecule is CC1=C(C[C@@H]2S[C@H]3C(=C2C(=O)N2C[C@H](O)CO2)C(=O)N(C)C(=O)N3CC(C)C)[C@@H](C)N=N1. The lowest BCUT2D eigenvalue weighted by Gasteiger charge is -2.39. The summed E-state index contributed by atoms with van der Waals surface area (Å²) in [6.07, 6.45) is -0.281. The highest BCUT2D eigenvalue weighted by molar-refractivity contribution is 8.01. The van der Waals surface area contributed by atoms with Crippen molar-refractivity contribution in [2.75, 3.05) is 26.7 Å². The van der Waals surface area contributed by atoms with E-state index in [1.165, 1.54) is 18.8 Å². The summed E-state index contributed by atoms with van der Waals surface area (Å²) in [6.45, 7) is 8.38. The van der Waals surface area contributed by atoms with Crippen molar-refractivity contribution in [1.29, 1.82) is 0 Å². The Bertz CT molecular complexity index is 945. The summed E-state index contributed by atoms with van der Waals surface area (Å²) >= 11 is 1.44. The third-order valence-corrected chi connectivity index (χ3v) is 7.56. The smallest absolute Gasteiger partial charge is 0.327 e. The molecule has 0 radical (unpaired) electrons. The van der Waals surface area contributed by atoms with Gasteiger partial charge in [-0.2, -0.15) is 10.2 Å². The first-order valence-electron chi connectivity index (χ1n) is 10.8. The van der Waals surface area contributed by atoms with E-state index in [4.69, 9.17) is 4.84 Å². The van der Waals surface area contributed by atoms with E-state index in [0.29, 0.717) is 24.1 Å². The van der Waals surface area contributed by atoms with Crippen molar-refractivity contribution in [1.82, 2.24) is 14.9 Å². The summed E-state index contributed by atoms with van der Waals surface area (Å²) in [6, 6.07) is -0.462. The van der Waals surface area contributed by atoms with E-state index in [1.54, 1.807) is 4.90 Å². The lowest BCUT2D eigenvalue weighted by Crippen LogP contribution is -2.56. The summed E-state index contributed by atoms with van der Waals surface area (Å²) in [4.78, 5) is 47.9. The highest BCUT2D eigenvalue weighted by Crippen LogP contribution is 2.48. The molecule has 0 unspecified atom stereocenters. The zero-order valence-corrected chi connectivity index (χ0v) is 19.8. The lowest BCUT2D eigenvalue weighted by molar-refractivity contribution is -0.164. The molecule has 2 fully saturated rings.